The number of thioether (sulfide) groups is 1. The fourth-order valence-corrected chi connectivity index (χ4v) is 2.95. The first kappa shape index (κ1) is 17.3. The van der Waals surface area contributed by atoms with Gasteiger partial charge in [-0.2, -0.15) is 0 Å². The average molecular weight is 293 g/mol. The van der Waals surface area contributed by atoms with Gasteiger partial charge >= 0.3 is 0 Å². The number of hydrogen-bond acceptors (Lipinski definition) is 3. The molecule has 0 aromatic heterocycles. The molecule has 0 radical (unpaired) electrons. The molecule has 1 aromatic carbocycles. The predicted molar refractivity (Wildman–Crippen MR) is 89.6 cm³/mol. The lowest BCUT2D eigenvalue weighted by molar-refractivity contribution is 0.108. The van der Waals surface area contributed by atoms with Gasteiger partial charge in [-0.05, 0) is 37.6 Å². The highest BCUT2D eigenvalue weighted by molar-refractivity contribution is 8.14. The fraction of sp³-hybridized carbons (Fsp3) is 0.588. The number of aryl methyl sites for hydroxylation is 1. The van der Waals surface area contributed by atoms with Crippen molar-refractivity contribution >= 4 is 16.9 Å². The molecule has 0 saturated carbocycles. The van der Waals surface area contributed by atoms with E-state index < -0.39 is 0 Å². The Balaban J connectivity index is 2.46. The Morgan fingerprint density at radius 2 is 1.95 bits per heavy atom. The molecule has 0 aliphatic rings. The molecule has 0 fully saturated rings. The van der Waals surface area contributed by atoms with E-state index in [1.807, 2.05) is 12.1 Å². The normalized spacial score (nSPS) is 11.0. The van der Waals surface area contributed by atoms with Gasteiger partial charge in [0.15, 0.2) is 0 Å². The van der Waals surface area contributed by atoms with Gasteiger partial charge in [-0.3, -0.25) is 4.79 Å². The number of rotatable bonds is 9. The number of unbranched alkanes of at least 4 members (excludes halogenated alkanes) is 1. The molecule has 0 spiro atoms. The predicted octanol–water partition coefficient (Wildman–Crippen LogP) is 4.24. The zero-order valence-electron chi connectivity index (χ0n) is 13.0. The van der Waals surface area contributed by atoms with E-state index in [1.54, 1.807) is 0 Å². The first-order valence-corrected chi connectivity index (χ1v) is 8.68. The van der Waals surface area contributed by atoms with Crippen LogP contribution in [0, 0.1) is 0 Å². The molecule has 0 N–H and O–H groups in total. The second-order valence-corrected chi connectivity index (χ2v) is 6.03. The standard InChI is InChI=1S/C17H27NOS/c1-4-7-9-15-10-8-11-16(14-15)17(19)20-13-12-18(5-2)6-3/h8,10-11,14H,4-7,9,12-13H2,1-3H3. The second-order valence-electron chi connectivity index (χ2n) is 4.97. The van der Waals surface area contributed by atoms with Crippen LogP contribution < -0.4 is 0 Å². The molecular formula is C17H27NOS. The SMILES string of the molecule is CCCCc1cccc(C(=O)SCCN(CC)CC)c1. The van der Waals surface area contributed by atoms with Crippen LogP contribution in [0.4, 0.5) is 0 Å². The summed E-state index contributed by atoms with van der Waals surface area (Å²) in [4.78, 5) is 14.5. The van der Waals surface area contributed by atoms with Gasteiger partial charge < -0.3 is 4.90 Å². The minimum atomic E-state index is 0.204. The lowest BCUT2D eigenvalue weighted by Gasteiger charge is -2.16. The van der Waals surface area contributed by atoms with Crippen LogP contribution in [0.2, 0.25) is 0 Å². The molecule has 0 bridgehead atoms. The van der Waals surface area contributed by atoms with Gasteiger partial charge in [0, 0.05) is 17.9 Å². The van der Waals surface area contributed by atoms with Crippen LogP contribution in [-0.2, 0) is 6.42 Å². The minimum Gasteiger partial charge on any atom is -0.303 e. The number of carbonyl (C=O) groups is 1. The van der Waals surface area contributed by atoms with Gasteiger partial charge in [-0.1, -0.05) is 57.2 Å². The Morgan fingerprint density at radius 3 is 2.60 bits per heavy atom. The molecule has 0 atom stereocenters. The lowest BCUT2D eigenvalue weighted by Crippen LogP contribution is -2.25. The third-order valence-electron chi connectivity index (χ3n) is 3.52. The van der Waals surface area contributed by atoms with Gasteiger partial charge in [0.25, 0.3) is 0 Å². The number of benzene rings is 1. The summed E-state index contributed by atoms with van der Waals surface area (Å²) in [5.74, 6) is 0.875. The maximum absolute atomic E-state index is 12.2. The topological polar surface area (TPSA) is 20.3 Å². The van der Waals surface area contributed by atoms with E-state index in [2.05, 4.69) is 37.8 Å². The Kier molecular flexibility index (Phi) is 8.63. The fourth-order valence-electron chi connectivity index (χ4n) is 2.13. The van der Waals surface area contributed by atoms with Gasteiger partial charge in [0.1, 0.15) is 0 Å². The van der Waals surface area contributed by atoms with Crippen LogP contribution in [0.5, 0.6) is 0 Å². The van der Waals surface area contributed by atoms with Crippen molar-refractivity contribution in [1.29, 1.82) is 0 Å². The van der Waals surface area contributed by atoms with Crippen molar-refractivity contribution in [3.05, 3.63) is 35.4 Å². The zero-order chi connectivity index (χ0) is 14.8. The Hall–Kier alpha value is -0.800. The minimum absolute atomic E-state index is 0.204. The van der Waals surface area contributed by atoms with Crippen molar-refractivity contribution in [2.45, 2.75) is 40.0 Å². The van der Waals surface area contributed by atoms with Crippen molar-refractivity contribution in [3.8, 4) is 0 Å². The molecule has 1 aromatic rings. The first-order chi connectivity index (χ1) is 9.71. The summed E-state index contributed by atoms with van der Waals surface area (Å²) in [5.41, 5.74) is 2.13. The molecule has 2 nitrogen and oxygen atoms in total. The van der Waals surface area contributed by atoms with E-state index in [4.69, 9.17) is 0 Å². The molecule has 0 aliphatic heterocycles. The Bertz CT molecular complexity index is 402. The monoisotopic (exact) mass is 293 g/mol. The third-order valence-corrected chi connectivity index (χ3v) is 4.40. The quantitative estimate of drug-likeness (QED) is 0.679. The first-order valence-electron chi connectivity index (χ1n) is 7.69. The van der Waals surface area contributed by atoms with Crippen molar-refractivity contribution in [1.82, 2.24) is 4.90 Å². The van der Waals surface area contributed by atoms with Crippen LogP contribution in [0.15, 0.2) is 24.3 Å². The number of nitrogens with zero attached hydrogens (tertiary/aromatic N) is 1. The van der Waals surface area contributed by atoms with E-state index in [0.29, 0.717) is 0 Å². The van der Waals surface area contributed by atoms with Crippen LogP contribution in [0.1, 0.15) is 49.5 Å². The van der Waals surface area contributed by atoms with Gasteiger partial charge in [0.05, 0.1) is 0 Å². The molecule has 0 aliphatic carbocycles. The summed E-state index contributed by atoms with van der Waals surface area (Å²) < 4.78 is 0. The lowest BCUT2D eigenvalue weighted by atomic mass is 10.1. The largest absolute Gasteiger partial charge is 0.303 e. The van der Waals surface area contributed by atoms with E-state index in [-0.39, 0.29) is 5.12 Å². The maximum atomic E-state index is 12.2. The molecule has 0 amide bonds. The van der Waals surface area contributed by atoms with Crippen molar-refractivity contribution in [2.75, 3.05) is 25.4 Å². The summed E-state index contributed by atoms with van der Waals surface area (Å²) in [7, 11) is 0. The second kappa shape index (κ2) is 10.0. The Labute approximate surface area is 127 Å². The molecule has 0 heterocycles. The molecular weight excluding hydrogens is 266 g/mol. The molecule has 1 rings (SSSR count). The number of carbonyl (C=O) groups excluding carboxylic acids is 1. The smallest absolute Gasteiger partial charge is 0.219 e. The highest BCUT2D eigenvalue weighted by Crippen LogP contribution is 2.15. The number of hydrogen-bond donors (Lipinski definition) is 0. The van der Waals surface area contributed by atoms with E-state index in [0.717, 1.165) is 37.4 Å². The average Bonchev–Trinajstić information content (AvgIpc) is 2.49. The summed E-state index contributed by atoms with van der Waals surface area (Å²) >= 11 is 1.44. The molecule has 0 unspecified atom stereocenters. The van der Waals surface area contributed by atoms with Crippen LogP contribution in [0.25, 0.3) is 0 Å². The van der Waals surface area contributed by atoms with Crippen LogP contribution in [0.3, 0.4) is 0 Å². The summed E-state index contributed by atoms with van der Waals surface area (Å²) in [6, 6.07) is 8.11. The third kappa shape index (κ3) is 6.10. The highest BCUT2D eigenvalue weighted by Gasteiger charge is 2.08. The highest BCUT2D eigenvalue weighted by atomic mass is 32.2. The summed E-state index contributed by atoms with van der Waals surface area (Å²) in [6.07, 6.45) is 3.45. The van der Waals surface area contributed by atoms with Crippen molar-refractivity contribution in [3.63, 3.8) is 0 Å². The molecule has 112 valence electrons. The molecule has 20 heavy (non-hydrogen) atoms. The van der Waals surface area contributed by atoms with E-state index >= 15 is 0 Å². The maximum Gasteiger partial charge on any atom is 0.219 e. The van der Waals surface area contributed by atoms with Gasteiger partial charge in [-0.15, -0.1) is 0 Å². The van der Waals surface area contributed by atoms with Crippen LogP contribution in [-0.4, -0.2) is 35.4 Å². The van der Waals surface area contributed by atoms with Crippen LogP contribution >= 0.6 is 11.8 Å². The van der Waals surface area contributed by atoms with Crippen molar-refractivity contribution in [2.24, 2.45) is 0 Å². The van der Waals surface area contributed by atoms with E-state index in [1.165, 1.54) is 30.2 Å². The summed E-state index contributed by atoms with van der Waals surface area (Å²) in [5, 5.41) is 0.204. The van der Waals surface area contributed by atoms with Crippen molar-refractivity contribution < 1.29 is 4.79 Å². The van der Waals surface area contributed by atoms with Gasteiger partial charge in [0.2, 0.25) is 5.12 Å². The summed E-state index contributed by atoms with van der Waals surface area (Å²) in [6.45, 7) is 9.60. The Morgan fingerprint density at radius 1 is 1.20 bits per heavy atom. The molecule has 3 heteroatoms. The van der Waals surface area contributed by atoms with Gasteiger partial charge in [-0.25, -0.2) is 0 Å². The van der Waals surface area contributed by atoms with E-state index in [9.17, 15) is 4.79 Å². The molecule has 0 saturated heterocycles. The zero-order valence-corrected chi connectivity index (χ0v) is 13.8.